The lowest BCUT2D eigenvalue weighted by Crippen LogP contribution is -2.38. The molecule has 4 heteroatoms. The first-order valence-electron chi connectivity index (χ1n) is 8.35. The van der Waals surface area contributed by atoms with E-state index in [1.54, 1.807) is 6.07 Å². The average molecular weight is 352 g/mol. The van der Waals surface area contributed by atoms with Crippen molar-refractivity contribution in [3.8, 4) is 5.75 Å². The van der Waals surface area contributed by atoms with Gasteiger partial charge in [-0.1, -0.05) is 54.1 Å². The van der Waals surface area contributed by atoms with Gasteiger partial charge in [0.2, 0.25) is 0 Å². The van der Waals surface area contributed by atoms with Crippen molar-refractivity contribution >= 4 is 28.3 Å². The number of rotatable bonds is 3. The van der Waals surface area contributed by atoms with Gasteiger partial charge in [-0.2, -0.15) is 0 Å². The Morgan fingerprint density at radius 2 is 1.96 bits per heavy atom. The Kier molecular flexibility index (Phi) is 4.10. The van der Waals surface area contributed by atoms with Gasteiger partial charge in [0.25, 0.3) is 5.91 Å². The van der Waals surface area contributed by atoms with Crippen molar-refractivity contribution in [2.24, 2.45) is 0 Å². The number of hydrogen-bond donors (Lipinski definition) is 1. The Labute approximate surface area is 151 Å². The van der Waals surface area contributed by atoms with Gasteiger partial charge in [-0.25, -0.2) is 0 Å². The highest BCUT2D eigenvalue weighted by molar-refractivity contribution is 6.30. The van der Waals surface area contributed by atoms with Crippen LogP contribution in [0.4, 0.5) is 0 Å². The molecule has 0 aliphatic carbocycles. The minimum atomic E-state index is -0.508. The summed E-state index contributed by atoms with van der Waals surface area (Å²) in [5.41, 5.74) is 2.08. The largest absolute Gasteiger partial charge is 0.480 e. The Morgan fingerprint density at radius 1 is 1.16 bits per heavy atom. The molecular formula is C21H18ClNO2. The maximum absolute atomic E-state index is 12.6. The molecular weight excluding hydrogens is 334 g/mol. The summed E-state index contributed by atoms with van der Waals surface area (Å²) in [6.45, 7) is 2.00. The molecule has 0 saturated heterocycles. The molecule has 4 rings (SSSR count). The Balaban J connectivity index is 1.51. The fourth-order valence-corrected chi connectivity index (χ4v) is 3.57. The number of ether oxygens (including phenoxy) is 1. The number of nitrogens with one attached hydrogen (secondary N) is 1. The molecule has 0 fully saturated rings. The smallest absolute Gasteiger partial charge is 0.261 e. The molecule has 1 aliphatic heterocycles. The second-order valence-electron chi connectivity index (χ2n) is 6.36. The fourth-order valence-electron chi connectivity index (χ4n) is 3.38. The summed E-state index contributed by atoms with van der Waals surface area (Å²) in [6.07, 6.45) is 0.0372. The van der Waals surface area contributed by atoms with Crippen LogP contribution in [0.2, 0.25) is 5.02 Å². The zero-order valence-corrected chi connectivity index (χ0v) is 14.6. The lowest BCUT2D eigenvalue weighted by Gasteiger charge is -2.19. The fraction of sp³-hybridized carbons (Fsp3) is 0.190. The quantitative estimate of drug-likeness (QED) is 0.744. The molecule has 0 unspecified atom stereocenters. The molecule has 1 N–H and O–H groups in total. The van der Waals surface area contributed by atoms with Gasteiger partial charge >= 0.3 is 0 Å². The second-order valence-corrected chi connectivity index (χ2v) is 6.80. The molecule has 0 bridgehead atoms. The summed E-state index contributed by atoms with van der Waals surface area (Å²) in [4.78, 5) is 12.6. The maximum Gasteiger partial charge on any atom is 0.261 e. The first-order valence-corrected chi connectivity index (χ1v) is 8.73. The third kappa shape index (κ3) is 3.08. The molecule has 126 valence electrons. The van der Waals surface area contributed by atoms with Gasteiger partial charge < -0.3 is 10.1 Å². The summed E-state index contributed by atoms with van der Waals surface area (Å²) < 4.78 is 5.78. The van der Waals surface area contributed by atoms with Crippen LogP contribution in [-0.4, -0.2) is 12.0 Å². The molecule has 1 heterocycles. The molecule has 0 radical (unpaired) electrons. The second kappa shape index (κ2) is 6.41. The van der Waals surface area contributed by atoms with Crippen molar-refractivity contribution in [1.82, 2.24) is 5.32 Å². The molecule has 3 aromatic rings. The molecule has 25 heavy (non-hydrogen) atoms. The van der Waals surface area contributed by atoms with E-state index in [-0.39, 0.29) is 11.9 Å². The van der Waals surface area contributed by atoms with Gasteiger partial charge in [-0.15, -0.1) is 0 Å². The van der Waals surface area contributed by atoms with E-state index in [9.17, 15) is 4.79 Å². The number of fused-ring (bicyclic) bond motifs is 2. The first kappa shape index (κ1) is 16.0. The monoisotopic (exact) mass is 351 g/mol. The number of halogens is 1. The van der Waals surface area contributed by atoms with Crippen molar-refractivity contribution in [1.29, 1.82) is 0 Å². The minimum Gasteiger partial charge on any atom is -0.480 e. The number of carbonyl (C=O) groups is 1. The molecule has 0 aromatic heterocycles. The van der Waals surface area contributed by atoms with Crippen LogP contribution in [-0.2, 0) is 11.2 Å². The van der Waals surface area contributed by atoms with Crippen LogP contribution in [0.5, 0.6) is 5.75 Å². The number of hydrogen-bond acceptors (Lipinski definition) is 2. The van der Waals surface area contributed by atoms with Crippen molar-refractivity contribution in [2.45, 2.75) is 25.5 Å². The van der Waals surface area contributed by atoms with E-state index in [0.717, 1.165) is 22.3 Å². The van der Waals surface area contributed by atoms with Crippen LogP contribution in [0.25, 0.3) is 10.8 Å². The Bertz CT molecular complexity index is 948. The standard InChI is InChI=1S/C21H18ClNO2/c1-13(17-8-4-6-14-5-2-3-7-18(14)17)23-21(24)20-12-15-11-16(22)9-10-19(15)25-20/h2-11,13,20H,12H2,1H3,(H,23,24)/t13-,20-/m0/s1. The Morgan fingerprint density at radius 3 is 2.84 bits per heavy atom. The molecule has 0 saturated carbocycles. The molecule has 1 aliphatic rings. The number of carbonyl (C=O) groups excluding carboxylic acids is 1. The molecule has 0 spiro atoms. The SMILES string of the molecule is C[C@H](NC(=O)[C@@H]1Cc2cc(Cl)ccc2O1)c1cccc2ccccc12. The predicted molar refractivity (Wildman–Crippen MR) is 100 cm³/mol. The highest BCUT2D eigenvalue weighted by Gasteiger charge is 2.30. The van der Waals surface area contributed by atoms with E-state index < -0.39 is 6.10 Å². The van der Waals surface area contributed by atoms with Crippen LogP contribution < -0.4 is 10.1 Å². The van der Waals surface area contributed by atoms with Gasteiger partial charge in [0, 0.05) is 11.4 Å². The lowest BCUT2D eigenvalue weighted by atomic mass is 9.99. The van der Waals surface area contributed by atoms with Crippen molar-refractivity contribution in [3.63, 3.8) is 0 Å². The zero-order chi connectivity index (χ0) is 17.4. The predicted octanol–water partition coefficient (Wildman–Crippen LogP) is 4.67. The van der Waals surface area contributed by atoms with Crippen molar-refractivity contribution in [3.05, 3.63) is 76.8 Å². The molecule has 1 amide bonds. The summed E-state index contributed by atoms with van der Waals surface area (Å²) >= 11 is 6.01. The highest BCUT2D eigenvalue weighted by Crippen LogP contribution is 2.31. The van der Waals surface area contributed by atoms with E-state index in [1.165, 1.54) is 5.39 Å². The van der Waals surface area contributed by atoms with E-state index in [0.29, 0.717) is 11.4 Å². The summed E-state index contributed by atoms with van der Waals surface area (Å²) in [5.74, 6) is 0.634. The van der Waals surface area contributed by atoms with E-state index in [2.05, 4.69) is 29.6 Å². The van der Waals surface area contributed by atoms with Gasteiger partial charge in [-0.3, -0.25) is 4.79 Å². The topological polar surface area (TPSA) is 38.3 Å². The normalized spacial score (nSPS) is 17.0. The first-order chi connectivity index (χ1) is 12.1. The number of amides is 1. The summed E-state index contributed by atoms with van der Waals surface area (Å²) in [7, 11) is 0. The third-order valence-corrected chi connectivity index (χ3v) is 4.87. The molecule has 3 nitrogen and oxygen atoms in total. The van der Waals surface area contributed by atoms with Gasteiger partial charge in [-0.05, 0) is 47.0 Å². The molecule has 3 aromatic carbocycles. The van der Waals surface area contributed by atoms with Crippen LogP contribution in [0, 0.1) is 0 Å². The van der Waals surface area contributed by atoms with Crippen LogP contribution >= 0.6 is 11.6 Å². The minimum absolute atomic E-state index is 0.102. The van der Waals surface area contributed by atoms with Crippen LogP contribution in [0.1, 0.15) is 24.1 Å². The summed E-state index contributed by atoms with van der Waals surface area (Å²) in [5, 5.41) is 6.06. The van der Waals surface area contributed by atoms with E-state index in [4.69, 9.17) is 16.3 Å². The maximum atomic E-state index is 12.6. The van der Waals surface area contributed by atoms with E-state index >= 15 is 0 Å². The van der Waals surface area contributed by atoms with Crippen molar-refractivity contribution in [2.75, 3.05) is 0 Å². The highest BCUT2D eigenvalue weighted by atomic mass is 35.5. The van der Waals surface area contributed by atoms with Gasteiger partial charge in [0.05, 0.1) is 6.04 Å². The third-order valence-electron chi connectivity index (χ3n) is 4.64. The van der Waals surface area contributed by atoms with Crippen molar-refractivity contribution < 1.29 is 9.53 Å². The summed E-state index contributed by atoms with van der Waals surface area (Å²) in [6, 6.07) is 19.7. The Hall–Kier alpha value is -2.52. The zero-order valence-electron chi connectivity index (χ0n) is 13.8. The lowest BCUT2D eigenvalue weighted by molar-refractivity contribution is -0.127. The number of benzene rings is 3. The molecule has 2 atom stereocenters. The van der Waals surface area contributed by atoms with E-state index in [1.807, 2.05) is 37.3 Å². The average Bonchev–Trinajstić information content (AvgIpc) is 3.04. The van der Waals surface area contributed by atoms with Crippen LogP contribution in [0.3, 0.4) is 0 Å². The van der Waals surface area contributed by atoms with Gasteiger partial charge in [0.1, 0.15) is 5.75 Å². The van der Waals surface area contributed by atoms with Gasteiger partial charge in [0.15, 0.2) is 6.10 Å². The van der Waals surface area contributed by atoms with Crippen LogP contribution in [0.15, 0.2) is 60.7 Å².